The molecule has 12 heteroatoms. The number of nitrogens with zero attached hydrogens (tertiary/aromatic N) is 7. The van der Waals surface area contributed by atoms with Crippen molar-refractivity contribution in [3.63, 3.8) is 0 Å². The quantitative estimate of drug-likeness (QED) is 0.0915. The van der Waals surface area contributed by atoms with Gasteiger partial charge in [-0.1, -0.05) is 76.6 Å². The third kappa shape index (κ3) is 6.99. The molecule has 6 aromatic rings. The normalized spacial score (nSPS) is 12.4. The zero-order chi connectivity index (χ0) is 32.1. The van der Waals surface area contributed by atoms with Crippen LogP contribution in [0.15, 0.2) is 145 Å². The van der Waals surface area contributed by atoms with Crippen LogP contribution in [-0.4, -0.2) is 54.3 Å². The second-order valence-corrected chi connectivity index (χ2v) is 13.7. The van der Waals surface area contributed by atoms with Crippen molar-refractivity contribution in [3.05, 3.63) is 136 Å². The van der Waals surface area contributed by atoms with Gasteiger partial charge in [-0.2, -0.15) is 18.6 Å². The number of sulfonamides is 1. The van der Waals surface area contributed by atoms with Gasteiger partial charge in [0.25, 0.3) is 10.0 Å². The van der Waals surface area contributed by atoms with E-state index >= 15 is 0 Å². The van der Waals surface area contributed by atoms with Crippen LogP contribution >= 0.6 is 27.3 Å². The van der Waals surface area contributed by atoms with E-state index in [1.807, 2.05) is 79.0 Å². The van der Waals surface area contributed by atoms with Crippen LogP contribution in [0.4, 0.5) is 0 Å². The van der Waals surface area contributed by atoms with E-state index in [0.717, 1.165) is 32.5 Å². The topological polar surface area (TPSA) is 97.2 Å². The highest BCUT2D eigenvalue weighted by atomic mass is 79.9. The molecule has 0 bridgehead atoms. The first-order chi connectivity index (χ1) is 22.3. The Balaban J connectivity index is 1.38. The molecule has 0 saturated carbocycles. The van der Waals surface area contributed by atoms with Crippen molar-refractivity contribution in [2.75, 3.05) is 14.1 Å². The predicted octanol–water partition coefficient (Wildman–Crippen LogP) is 7.03. The first-order valence-electron chi connectivity index (χ1n) is 14.1. The smallest absolute Gasteiger partial charge is 0.283 e. The highest BCUT2D eigenvalue weighted by molar-refractivity contribution is 9.10. The Bertz CT molecular complexity index is 2190. The van der Waals surface area contributed by atoms with Gasteiger partial charge in [0.05, 0.1) is 22.5 Å². The highest BCUT2D eigenvalue weighted by Gasteiger charge is 2.15. The van der Waals surface area contributed by atoms with Gasteiger partial charge in [0.2, 0.25) is 4.80 Å². The summed E-state index contributed by atoms with van der Waals surface area (Å²) in [5, 5.41) is 16.1. The molecule has 0 amide bonds. The summed E-state index contributed by atoms with van der Waals surface area (Å²) in [5.74, 6) is 0. The number of para-hydroxylation sites is 1. The number of benzene rings is 4. The average Bonchev–Trinajstić information content (AvgIpc) is 3.70. The van der Waals surface area contributed by atoms with Crippen LogP contribution in [-0.2, 0) is 10.0 Å². The highest BCUT2D eigenvalue weighted by Crippen LogP contribution is 2.26. The van der Waals surface area contributed by atoms with Crippen LogP contribution in [0.5, 0.6) is 0 Å². The largest absolute Gasteiger partial charge is 0.368 e. The molecule has 0 fully saturated rings. The molecule has 0 radical (unpaired) electrons. The molecule has 0 atom stereocenters. The molecule has 0 saturated heterocycles. The Labute approximate surface area is 279 Å². The lowest BCUT2D eigenvalue weighted by molar-refractivity contribution is 0.594. The Morgan fingerprint density at radius 2 is 1.50 bits per heavy atom. The molecule has 2 heterocycles. The number of rotatable bonds is 9. The minimum atomic E-state index is -3.82. The summed E-state index contributed by atoms with van der Waals surface area (Å²) in [7, 11) is -0.400. The van der Waals surface area contributed by atoms with E-state index in [9.17, 15) is 8.42 Å². The molecule has 0 aliphatic rings. The third-order valence-corrected chi connectivity index (χ3v) is 9.39. The Morgan fingerprint density at radius 1 is 0.826 bits per heavy atom. The number of halogens is 1. The Morgan fingerprint density at radius 3 is 2.17 bits per heavy atom. The Kier molecular flexibility index (Phi) is 9.20. The third-order valence-electron chi connectivity index (χ3n) is 6.81. The molecular weight excluding hydrogens is 682 g/mol. The van der Waals surface area contributed by atoms with E-state index in [-0.39, 0.29) is 4.90 Å². The van der Waals surface area contributed by atoms with E-state index in [1.165, 1.54) is 29.8 Å². The molecule has 0 unspecified atom stereocenters. The number of hydrogen-bond donors (Lipinski definition) is 0. The molecule has 6 rings (SSSR count). The maximum Gasteiger partial charge on any atom is 0.283 e. The van der Waals surface area contributed by atoms with Crippen LogP contribution in [0.3, 0.4) is 0 Å². The van der Waals surface area contributed by atoms with Gasteiger partial charge in [-0.05, 0) is 54.1 Å². The minimum Gasteiger partial charge on any atom is -0.368 e. The van der Waals surface area contributed by atoms with Crippen molar-refractivity contribution < 1.29 is 8.42 Å². The molecular formula is C34H28BrN7O2S2. The van der Waals surface area contributed by atoms with Gasteiger partial charge in [0.15, 0.2) is 0 Å². The monoisotopic (exact) mass is 709 g/mol. The fourth-order valence-corrected chi connectivity index (χ4v) is 6.63. The summed E-state index contributed by atoms with van der Waals surface area (Å²) in [5.41, 5.74) is 6.10. The van der Waals surface area contributed by atoms with E-state index in [0.29, 0.717) is 16.2 Å². The number of thiazole rings is 1. The summed E-state index contributed by atoms with van der Waals surface area (Å²) in [6.07, 6.45) is 4.80. The molecule has 0 N–H and O–H groups in total. The fraction of sp³-hybridized carbons (Fsp3) is 0.0588. The molecule has 4 aromatic carbocycles. The lowest BCUT2D eigenvalue weighted by Crippen LogP contribution is -2.13. The molecule has 0 aliphatic heterocycles. The lowest BCUT2D eigenvalue weighted by atomic mass is 10.1. The van der Waals surface area contributed by atoms with Gasteiger partial charge in [-0.25, -0.2) is 4.68 Å². The molecule has 0 spiro atoms. The Hall–Kier alpha value is -4.91. The van der Waals surface area contributed by atoms with Crippen LogP contribution in [0.25, 0.3) is 33.9 Å². The molecule has 2 aromatic heterocycles. The van der Waals surface area contributed by atoms with Crippen LogP contribution in [0.1, 0.15) is 5.56 Å². The first-order valence-corrected chi connectivity index (χ1v) is 17.2. The summed E-state index contributed by atoms with van der Waals surface area (Å²) < 4.78 is 33.7. The summed E-state index contributed by atoms with van der Waals surface area (Å²) in [6, 6.07) is 34.5. The van der Waals surface area contributed by atoms with Crippen molar-refractivity contribution in [2.24, 2.45) is 14.6 Å². The van der Waals surface area contributed by atoms with Crippen molar-refractivity contribution in [3.8, 4) is 33.9 Å². The van der Waals surface area contributed by atoms with Gasteiger partial charge >= 0.3 is 0 Å². The van der Waals surface area contributed by atoms with Crippen LogP contribution in [0.2, 0.25) is 0 Å². The fourth-order valence-electron chi connectivity index (χ4n) is 4.59. The predicted molar refractivity (Wildman–Crippen MR) is 188 cm³/mol. The van der Waals surface area contributed by atoms with Gasteiger partial charge in [0, 0.05) is 47.0 Å². The van der Waals surface area contributed by atoms with Gasteiger partial charge in [0.1, 0.15) is 12.0 Å². The second-order valence-electron chi connectivity index (χ2n) is 10.3. The van der Waals surface area contributed by atoms with Crippen LogP contribution < -0.4 is 4.80 Å². The first kappa shape index (κ1) is 31.1. The minimum absolute atomic E-state index is 0.0931. The summed E-state index contributed by atoms with van der Waals surface area (Å²) >= 11 is 5.03. The van der Waals surface area contributed by atoms with E-state index < -0.39 is 10.0 Å². The maximum absolute atomic E-state index is 12.6. The number of hydrogen-bond acceptors (Lipinski definition) is 6. The zero-order valence-electron chi connectivity index (χ0n) is 24.8. The SMILES string of the molecule is CN(C)C=NS(=O)(=O)c1ccc(-n2cc(/C=N\N=c3/scc(-c4ccc(Br)cc4)n3-c3ccccc3)c(-c3ccccc3)n2)cc1. The van der Waals surface area contributed by atoms with Crippen LogP contribution in [0, 0.1) is 0 Å². The lowest BCUT2D eigenvalue weighted by Gasteiger charge is -2.09. The zero-order valence-corrected chi connectivity index (χ0v) is 28.1. The van der Waals surface area contributed by atoms with E-state index in [2.05, 4.69) is 52.6 Å². The maximum atomic E-state index is 12.6. The average molecular weight is 711 g/mol. The van der Waals surface area contributed by atoms with Crippen molar-refractivity contribution in [1.29, 1.82) is 0 Å². The molecule has 46 heavy (non-hydrogen) atoms. The second kappa shape index (κ2) is 13.6. The van der Waals surface area contributed by atoms with E-state index in [4.69, 9.17) is 5.10 Å². The molecule has 230 valence electrons. The summed E-state index contributed by atoms with van der Waals surface area (Å²) in [6.45, 7) is 0. The summed E-state index contributed by atoms with van der Waals surface area (Å²) in [4.78, 5) is 2.37. The van der Waals surface area contributed by atoms with Gasteiger partial charge in [-0.3, -0.25) is 4.57 Å². The standard InChI is InChI=1S/C34H28BrN7O2S2/c1-40(2)24-37-46(43,44)31-19-17-29(18-20-31)41-22-27(33(39-41)26-9-5-3-6-10-26)21-36-38-34-42(30-11-7-4-8-12-30)32(23-45-34)25-13-15-28(35)16-14-25/h3-24H,1-2H3/b36-21-,37-24?,38-34-. The van der Waals surface area contributed by atoms with Crippen molar-refractivity contribution in [1.82, 2.24) is 19.2 Å². The molecule has 9 nitrogen and oxygen atoms in total. The van der Waals surface area contributed by atoms with Gasteiger partial charge < -0.3 is 4.90 Å². The van der Waals surface area contributed by atoms with Crippen molar-refractivity contribution >= 4 is 49.8 Å². The van der Waals surface area contributed by atoms with E-state index in [1.54, 1.807) is 42.0 Å². The number of aromatic nitrogens is 3. The van der Waals surface area contributed by atoms with Crippen molar-refractivity contribution in [2.45, 2.75) is 4.90 Å². The van der Waals surface area contributed by atoms with Gasteiger partial charge in [-0.15, -0.1) is 20.8 Å². The molecule has 0 aliphatic carbocycles.